The van der Waals surface area contributed by atoms with Gasteiger partial charge in [-0.15, -0.1) is 0 Å². The van der Waals surface area contributed by atoms with Gasteiger partial charge in [-0.2, -0.15) is 0 Å². The highest BCUT2D eigenvalue weighted by Crippen LogP contribution is 2.25. The van der Waals surface area contributed by atoms with Gasteiger partial charge in [-0.1, -0.05) is 18.2 Å². The van der Waals surface area contributed by atoms with E-state index in [1.807, 2.05) is 12.1 Å². The molecule has 0 bridgehead atoms. The second-order valence-corrected chi connectivity index (χ2v) is 6.61. The number of aryl methyl sites for hydroxylation is 2. The maximum atomic E-state index is 5.58. The first kappa shape index (κ1) is 14.1. The van der Waals surface area contributed by atoms with Crippen molar-refractivity contribution in [3.05, 3.63) is 56.5 Å². The highest BCUT2D eigenvalue weighted by molar-refractivity contribution is 14.1. The Bertz CT molecular complexity index is 590. The van der Waals surface area contributed by atoms with Crippen LogP contribution in [0.4, 0.5) is 0 Å². The molecule has 1 aromatic carbocycles. The molecular formula is C17H20INO. The number of fused-ring (bicyclic) bond motifs is 1. The van der Waals surface area contributed by atoms with Crippen LogP contribution in [0.1, 0.15) is 48.3 Å². The molecule has 1 unspecified atom stereocenters. The Morgan fingerprint density at radius 3 is 2.70 bits per heavy atom. The van der Waals surface area contributed by atoms with Gasteiger partial charge in [0.2, 0.25) is 0 Å². The second kappa shape index (κ2) is 6.31. The standard InChI is InChI=1S/C17H20INO/c1-12(19-11-16-8-9-17(18)20-16)14-7-6-13-4-2-3-5-15(13)10-14/h6-10,12,19H,2-5,11H2,1H3. The van der Waals surface area contributed by atoms with E-state index in [2.05, 4.69) is 53.0 Å². The molecule has 1 aliphatic carbocycles. The number of benzene rings is 1. The third-order valence-corrected chi connectivity index (χ3v) is 4.66. The van der Waals surface area contributed by atoms with Crippen LogP contribution in [0, 0.1) is 3.77 Å². The average Bonchev–Trinajstić information content (AvgIpc) is 2.90. The van der Waals surface area contributed by atoms with Crippen LogP contribution >= 0.6 is 22.6 Å². The van der Waals surface area contributed by atoms with Crippen LogP contribution in [-0.2, 0) is 19.4 Å². The minimum atomic E-state index is 0.352. The van der Waals surface area contributed by atoms with Gasteiger partial charge in [-0.25, -0.2) is 0 Å². The van der Waals surface area contributed by atoms with Gasteiger partial charge in [0.1, 0.15) is 5.76 Å². The molecule has 1 aliphatic rings. The maximum Gasteiger partial charge on any atom is 0.164 e. The summed E-state index contributed by atoms with van der Waals surface area (Å²) < 4.78 is 6.53. The molecule has 0 fully saturated rings. The Morgan fingerprint density at radius 2 is 1.95 bits per heavy atom. The largest absolute Gasteiger partial charge is 0.454 e. The van der Waals surface area contributed by atoms with Gasteiger partial charge in [-0.3, -0.25) is 0 Å². The normalized spacial score (nSPS) is 15.9. The van der Waals surface area contributed by atoms with Gasteiger partial charge in [0.05, 0.1) is 6.54 Å². The molecule has 2 nitrogen and oxygen atoms in total. The zero-order valence-corrected chi connectivity index (χ0v) is 13.9. The summed E-state index contributed by atoms with van der Waals surface area (Å²) in [7, 11) is 0. The first-order valence-corrected chi connectivity index (χ1v) is 8.39. The monoisotopic (exact) mass is 381 g/mol. The quantitative estimate of drug-likeness (QED) is 0.783. The summed E-state index contributed by atoms with van der Waals surface area (Å²) >= 11 is 2.20. The molecule has 2 aromatic rings. The molecule has 0 aliphatic heterocycles. The van der Waals surface area contributed by atoms with Crippen molar-refractivity contribution in [2.45, 2.75) is 45.2 Å². The highest BCUT2D eigenvalue weighted by atomic mass is 127. The fraction of sp³-hybridized carbons (Fsp3) is 0.412. The summed E-state index contributed by atoms with van der Waals surface area (Å²) in [6.07, 6.45) is 5.18. The molecule has 1 aromatic heterocycles. The molecule has 106 valence electrons. The third kappa shape index (κ3) is 3.26. The van der Waals surface area contributed by atoms with Crippen LogP contribution in [-0.4, -0.2) is 0 Å². The van der Waals surface area contributed by atoms with Gasteiger partial charge >= 0.3 is 0 Å². The van der Waals surface area contributed by atoms with Gasteiger partial charge in [0.25, 0.3) is 0 Å². The predicted molar refractivity (Wildman–Crippen MR) is 89.8 cm³/mol. The summed E-state index contributed by atoms with van der Waals surface area (Å²) in [6, 6.07) is 11.4. The minimum absolute atomic E-state index is 0.352. The van der Waals surface area contributed by atoms with Crippen LogP contribution < -0.4 is 5.32 Å². The lowest BCUT2D eigenvalue weighted by atomic mass is 9.89. The average molecular weight is 381 g/mol. The van der Waals surface area contributed by atoms with E-state index in [1.165, 1.54) is 31.2 Å². The Balaban J connectivity index is 1.66. The molecular weight excluding hydrogens is 361 g/mol. The second-order valence-electron chi connectivity index (χ2n) is 5.54. The van der Waals surface area contributed by atoms with Crippen molar-refractivity contribution < 1.29 is 4.42 Å². The van der Waals surface area contributed by atoms with Crippen LogP contribution in [0.15, 0.2) is 34.7 Å². The van der Waals surface area contributed by atoms with Gasteiger partial charge in [0.15, 0.2) is 3.77 Å². The number of furan rings is 1. The molecule has 1 heterocycles. The van der Waals surface area contributed by atoms with E-state index in [1.54, 1.807) is 11.1 Å². The molecule has 0 saturated carbocycles. The van der Waals surface area contributed by atoms with Crippen molar-refractivity contribution in [2.24, 2.45) is 0 Å². The van der Waals surface area contributed by atoms with Crippen molar-refractivity contribution >= 4 is 22.6 Å². The number of hydrogen-bond acceptors (Lipinski definition) is 2. The van der Waals surface area contributed by atoms with E-state index >= 15 is 0 Å². The lowest BCUT2D eigenvalue weighted by Gasteiger charge is -2.19. The number of nitrogens with one attached hydrogen (secondary N) is 1. The molecule has 1 atom stereocenters. The summed E-state index contributed by atoms with van der Waals surface area (Å²) in [4.78, 5) is 0. The highest BCUT2D eigenvalue weighted by Gasteiger charge is 2.12. The molecule has 0 amide bonds. The van der Waals surface area contributed by atoms with Crippen LogP contribution in [0.3, 0.4) is 0 Å². The molecule has 0 saturated heterocycles. The van der Waals surface area contributed by atoms with Crippen LogP contribution in [0.25, 0.3) is 0 Å². The van der Waals surface area contributed by atoms with Gasteiger partial charge in [-0.05, 0) is 84.0 Å². The Morgan fingerprint density at radius 1 is 1.15 bits per heavy atom. The van der Waals surface area contributed by atoms with Crippen molar-refractivity contribution in [3.63, 3.8) is 0 Å². The fourth-order valence-electron chi connectivity index (χ4n) is 2.84. The Labute approximate surface area is 134 Å². The van der Waals surface area contributed by atoms with E-state index in [9.17, 15) is 0 Å². The van der Waals surface area contributed by atoms with Crippen molar-refractivity contribution in [2.75, 3.05) is 0 Å². The Hall–Kier alpha value is -0.810. The minimum Gasteiger partial charge on any atom is -0.454 e. The summed E-state index contributed by atoms with van der Waals surface area (Å²) in [5.41, 5.74) is 4.48. The number of halogens is 1. The molecule has 20 heavy (non-hydrogen) atoms. The molecule has 1 N–H and O–H groups in total. The summed E-state index contributed by atoms with van der Waals surface area (Å²) in [5, 5.41) is 3.54. The SMILES string of the molecule is CC(NCc1ccc(I)o1)c1ccc2c(c1)CCCC2. The maximum absolute atomic E-state index is 5.58. The zero-order chi connectivity index (χ0) is 13.9. The van der Waals surface area contributed by atoms with E-state index < -0.39 is 0 Å². The number of hydrogen-bond donors (Lipinski definition) is 1. The van der Waals surface area contributed by atoms with Crippen LogP contribution in [0.5, 0.6) is 0 Å². The first-order chi connectivity index (χ1) is 9.72. The lowest BCUT2D eigenvalue weighted by Crippen LogP contribution is -2.18. The van der Waals surface area contributed by atoms with Gasteiger partial charge in [0, 0.05) is 6.04 Å². The van der Waals surface area contributed by atoms with E-state index in [-0.39, 0.29) is 0 Å². The molecule has 3 heteroatoms. The van der Waals surface area contributed by atoms with E-state index in [0.29, 0.717) is 6.04 Å². The fourth-order valence-corrected chi connectivity index (χ4v) is 3.30. The first-order valence-electron chi connectivity index (χ1n) is 7.31. The topological polar surface area (TPSA) is 25.2 Å². The lowest BCUT2D eigenvalue weighted by molar-refractivity contribution is 0.445. The predicted octanol–water partition coefficient (Wildman–Crippen LogP) is 4.61. The van der Waals surface area contributed by atoms with E-state index in [0.717, 1.165) is 16.1 Å². The summed E-state index contributed by atoms with van der Waals surface area (Å²) in [6.45, 7) is 3.00. The van der Waals surface area contributed by atoms with Crippen molar-refractivity contribution in [3.8, 4) is 0 Å². The molecule has 3 rings (SSSR count). The number of rotatable bonds is 4. The van der Waals surface area contributed by atoms with Crippen molar-refractivity contribution in [1.29, 1.82) is 0 Å². The van der Waals surface area contributed by atoms with Crippen molar-refractivity contribution in [1.82, 2.24) is 5.32 Å². The Kier molecular flexibility index (Phi) is 4.46. The van der Waals surface area contributed by atoms with E-state index in [4.69, 9.17) is 4.42 Å². The van der Waals surface area contributed by atoms with Gasteiger partial charge < -0.3 is 9.73 Å². The third-order valence-electron chi connectivity index (χ3n) is 4.08. The molecule has 0 radical (unpaired) electrons. The smallest absolute Gasteiger partial charge is 0.164 e. The molecule has 0 spiro atoms. The zero-order valence-electron chi connectivity index (χ0n) is 11.8. The summed E-state index contributed by atoms with van der Waals surface area (Å²) in [5.74, 6) is 0.999. The van der Waals surface area contributed by atoms with Crippen LogP contribution in [0.2, 0.25) is 0 Å².